The predicted molar refractivity (Wildman–Crippen MR) is 80.9 cm³/mol. The van der Waals surface area contributed by atoms with Gasteiger partial charge in [0, 0.05) is 17.8 Å². The predicted octanol–water partition coefficient (Wildman–Crippen LogP) is 3.28. The largest absolute Gasteiger partial charge is 0.484 e. The summed E-state index contributed by atoms with van der Waals surface area (Å²) >= 11 is 0. The van der Waals surface area contributed by atoms with Crippen LogP contribution in [0.1, 0.15) is 42.0 Å². The first-order chi connectivity index (χ1) is 9.65. The Morgan fingerprint density at radius 1 is 1.35 bits per heavy atom. The van der Waals surface area contributed by atoms with Gasteiger partial charge in [-0.05, 0) is 45.0 Å². The first-order valence-electron chi connectivity index (χ1n) is 7.07. The Labute approximate surface area is 120 Å². The lowest BCUT2D eigenvalue weighted by Gasteiger charge is -2.17. The molecule has 4 nitrogen and oxygen atoms in total. The molecule has 0 saturated carbocycles. The standard InChI is InChI=1S/C16H23N3O/c1-5-15(20-13-8-6-7-11(2)9-13)16-14(10-17-4)12(3)18-19-16/h6-9,15,17H,5,10H2,1-4H3,(H,18,19). The monoisotopic (exact) mass is 273 g/mol. The fourth-order valence-electron chi connectivity index (χ4n) is 2.32. The molecule has 1 atom stereocenters. The highest BCUT2D eigenvalue weighted by molar-refractivity contribution is 5.30. The summed E-state index contributed by atoms with van der Waals surface area (Å²) in [5.74, 6) is 0.896. The third-order valence-corrected chi connectivity index (χ3v) is 3.40. The van der Waals surface area contributed by atoms with Gasteiger partial charge in [0.1, 0.15) is 17.5 Å². The second-order valence-corrected chi connectivity index (χ2v) is 5.07. The van der Waals surface area contributed by atoms with Crippen LogP contribution in [0, 0.1) is 13.8 Å². The average Bonchev–Trinajstić information content (AvgIpc) is 2.78. The number of hydrogen-bond acceptors (Lipinski definition) is 3. The first-order valence-corrected chi connectivity index (χ1v) is 7.07. The fourth-order valence-corrected chi connectivity index (χ4v) is 2.32. The topological polar surface area (TPSA) is 49.9 Å². The Hall–Kier alpha value is -1.81. The molecule has 0 radical (unpaired) electrons. The van der Waals surface area contributed by atoms with Gasteiger partial charge >= 0.3 is 0 Å². The maximum Gasteiger partial charge on any atom is 0.142 e. The van der Waals surface area contributed by atoms with E-state index in [0.29, 0.717) is 0 Å². The van der Waals surface area contributed by atoms with Gasteiger partial charge in [-0.1, -0.05) is 19.1 Å². The lowest BCUT2D eigenvalue weighted by atomic mass is 10.1. The van der Waals surface area contributed by atoms with Gasteiger partial charge in [-0.25, -0.2) is 0 Å². The van der Waals surface area contributed by atoms with E-state index >= 15 is 0 Å². The highest BCUT2D eigenvalue weighted by Crippen LogP contribution is 2.27. The number of aromatic nitrogens is 2. The van der Waals surface area contributed by atoms with Gasteiger partial charge in [-0.15, -0.1) is 0 Å². The minimum absolute atomic E-state index is 0.0231. The molecular weight excluding hydrogens is 250 g/mol. The normalized spacial score (nSPS) is 12.4. The Morgan fingerprint density at radius 2 is 2.15 bits per heavy atom. The molecular formula is C16H23N3O. The minimum atomic E-state index is -0.0231. The van der Waals surface area contributed by atoms with Crippen LogP contribution in [0.25, 0.3) is 0 Å². The highest BCUT2D eigenvalue weighted by atomic mass is 16.5. The first kappa shape index (κ1) is 14.6. The Kier molecular flexibility index (Phi) is 4.79. The maximum absolute atomic E-state index is 6.12. The second kappa shape index (κ2) is 6.57. The van der Waals surface area contributed by atoms with Crippen LogP contribution in [-0.4, -0.2) is 17.2 Å². The van der Waals surface area contributed by atoms with Crippen molar-refractivity contribution in [2.45, 2.75) is 39.8 Å². The molecule has 0 aliphatic heterocycles. The number of benzene rings is 1. The Bertz CT molecular complexity index is 563. The zero-order chi connectivity index (χ0) is 14.5. The van der Waals surface area contributed by atoms with E-state index in [0.717, 1.165) is 30.1 Å². The van der Waals surface area contributed by atoms with Crippen molar-refractivity contribution in [3.05, 3.63) is 46.8 Å². The van der Waals surface area contributed by atoms with Crippen LogP contribution < -0.4 is 10.1 Å². The van der Waals surface area contributed by atoms with E-state index in [1.807, 2.05) is 26.1 Å². The summed E-state index contributed by atoms with van der Waals surface area (Å²) in [7, 11) is 1.94. The lowest BCUT2D eigenvalue weighted by molar-refractivity contribution is 0.195. The van der Waals surface area contributed by atoms with E-state index in [9.17, 15) is 0 Å². The second-order valence-electron chi connectivity index (χ2n) is 5.07. The molecule has 0 aliphatic carbocycles. The summed E-state index contributed by atoms with van der Waals surface area (Å²) in [6.07, 6.45) is 0.861. The summed E-state index contributed by atoms with van der Waals surface area (Å²) in [5.41, 5.74) is 4.50. The van der Waals surface area contributed by atoms with Crippen molar-refractivity contribution in [2.24, 2.45) is 0 Å². The quantitative estimate of drug-likeness (QED) is 0.849. The number of aromatic amines is 1. The van der Waals surface area contributed by atoms with Gasteiger partial charge in [0.15, 0.2) is 0 Å². The fraction of sp³-hybridized carbons (Fsp3) is 0.438. The average molecular weight is 273 g/mol. The molecule has 20 heavy (non-hydrogen) atoms. The summed E-state index contributed by atoms with van der Waals surface area (Å²) in [5, 5.41) is 10.7. The zero-order valence-electron chi connectivity index (χ0n) is 12.7. The van der Waals surface area contributed by atoms with Crippen molar-refractivity contribution in [3.63, 3.8) is 0 Å². The van der Waals surface area contributed by atoms with Crippen molar-refractivity contribution in [2.75, 3.05) is 7.05 Å². The third-order valence-electron chi connectivity index (χ3n) is 3.40. The van der Waals surface area contributed by atoms with Gasteiger partial charge in [0.2, 0.25) is 0 Å². The highest BCUT2D eigenvalue weighted by Gasteiger charge is 2.20. The summed E-state index contributed by atoms with van der Waals surface area (Å²) in [4.78, 5) is 0. The van der Waals surface area contributed by atoms with E-state index in [1.54, 1.807) is 0 Å². The van der Waals surface area contributed by atoms with E-state index in [2.05, 4.69) is 41.5 Å². The van der Waals surface area contributed by atoms with Crippen LogP contribution in [-0.2, 0) is 6.54 Å². The molecule has 108 valence electrons. The zero-order valence-corrected chi connectivity index (χ0v) is 12.7. The molecule has 0 aliphatic rings. The van der Waals surface area contributed by atoms with Gasteiger partial charge in [-0.2, -0.15) is 5.10 Å². The molecule has 4 heteroatoms. The van der Waals surface area contributed by atoms with Crippen molar-refractivity contribution < 1.29 is 4.74 Å². The van der Waals surface area contributed by atoms with Crippen molar-refractivity contribution >= 4 is 0 Å². The van der Waals surface area contributed by atoms with Crippen LogP contribution in [0.4, 0.5) is 0 Å². The van der Waals surface area contributed by atoms with Gasteiger partial charge in [-0.3, -0.25) is 5.10 Å². The van der Waals surface area contributed by atoms with Crippen LogP contribution in [0.3, 0.4) is 0 Å². The molecule has 1 unspecified atom stereocenters. The van der Waals surface area contributed by atoms with Crippen LogP contribution >= 0.6 is 0 Å². The van der Waals surface area contributed by atoms with Crippen LogP contribution in [0.2, 0.25) is 0 Å². The van der Waals surface area contributed by atoms with Crippen molar-refractivity contribution in [3.8, 4) is 5.75 Å². The van der Waals surface area contributed by atoms with E-state index in [-0.39, 0.29) is 6.10 Å². The molecule has 0 bridgehead atoms. The molecule has 0 spiro atoms. The summed E-state index contributed by atoms with van der Waals surface area (Å²) in [6, 6.07) is 8.13. The number of H-pyrrole nitrogens is 1. The molecule has 0 amide bonds. The van der Waals surface area contributed by atoms with Crippen molar-refractivity contribution in [1.82, 2.24) is 15.5 Å². The SMILES string of the molecule is CCC(Oc1cccc(C)c1)c1n[nH]c(C)c1CNC. The molecule has 0 saturated heterocycles. The molecule has 2 rings (SSSR count). The lowest BCUT2D eigenvalue weighted by Crippen LogP contribution is -2.13. The van der Waals surface area contributed by atoms with E-state index < -0.39 is 0 Å². The molecule has 1 aromatic carbocycles. The number of hydrogen-bond donors (Lipinski definition) is 2. The number of rotatable bonds is 6. The van der Waals surface area contributed by atoms with Crippen molar-refractivity contribution in [1.29, 1.82) is 0 Å². The summed E-state index contributed by atoms with van der Waals surface area (Å²) in [6.45, 7) is 7.03. The maximum atomic E-state index is 6.12. The number of nitrogens with one attached hydrogen (secondary N) is 2. The van der Waals surface area contributed by atoms with E-state index in [1.165, 1.54) is 11.1 Å². The smallest absolute Gasteiger partial charge is 0.142 e. The van der Waals surface area contributed by atoms with Gasteiger partial charge < -0.3 is 10.1 Å². The van der Waals surface area contributed by atoms with E-state index in [4.69, 9.17) is 4.74 Å². The molecule has 0 fully saturated rings. The Morgan fingerprint density at radius 3 is 2.80 bits per heavy atom. The molecule has 2 aromatic rings. The third kappa shape index (κ3) is 3.20. The van der Waals surface area contributed by atoms with Gasteiger partial charge in [0.05, 0.1) is 0 Å². The summed E-state index contributed by atoms with van der Waals surface area (Å²) < 4.78 is 6.12. The van der Waals surface area contributed by atoms with Crippen LogP contribution in [0.5, 0.6) is 5.75 Å². The minimum Gasteiger partial charge on any atom is -0.484 e. The Balaban J connectivity index is 2.24. The number of nitrogens with zero attached hydrogens (tertiary/aromatic N) is 1. The molecule has 1 heterocycles. The number of ether oxygens (including phenoxy) is 1. The number of aryl methyl sites for hydroxylation is 2. The van der Waals surface area contributed by atoms with Crippen LogP contribution in [0.15, 0.2) is 24.3 Å². The van der Waals surface area contributed by atoms with Gasteiger partial charge in [0.25, 0.3) is 0 Å². The molecule has 1 aromatic heterocycles. The molecule has 2 N–H and O–H groups in total.